The zero-order valence-electron chi connectivity index (χ0n) is 8.70. The van der Waals surface area contributed by atoms with Crippen LogP contribution in [0.4, 0.5) is 5.95 Å². The Kier molecular flexibility index (Phi) is 3.00. The van der Waals surface area contributed by atoms with Crippen LogP contribution >= 0.6 is 0 Å². The predicted molar refractivity (Wildman–Crippen MR) is 56.4 cm³/mol. The molecule has 6 nitrogen and oxygen atoms in total. The summed E-state index contributed by atoms with van der Waals surface area (Å²) in [7, 11) is 0. The molecule has 0 aromatic carbocycles. The first-order valence-electron chi connectivity index (χ1n) is 5.15. The summed E-state index contributed by atoms with van der Waals surface area (Å²) in [5.74, 6) is -0.548. The molecule has 86 valence electrons. The zero-order valence-corrected chi connectivity index (χ0v) is 8.70. The van der Waals surface area contributed by atoms with Gasteiger partial charge in [0.05, 0.1) is 18.2 Å². The Bertz CT molecular complexity index is 379. The molecular weight excluding hydrogens is 210 g/mol. The van der Waals surface area contributed by atoms with Gasteiger partial charge in [0.25, 0.3) is 0 Å². The van der Waals surface area contributed by atoms with Gasteiger partial charge >= 0.3 is 5.97 Å². The van der Waals surface area contributed by atoms with E-state index in [1.165, 1.54) is 12.4 Å². The first-order valence-corrected chi connectivity index (χ1v) is 5.15. The van der Waals surface area contributed by atoms with E-state index in [2.05, 4.69) is 9.97 Å². The second kappa shape index (κ2) is 4.44. The number of rotatable bonds is 3. The van der Waals surface area contributed by atoms with Crippen LogP contribution in [0.3, 0.4) is 0 Å². The summed E-state index contributed by atoms with van der Waals surface area (Å²) in [6, 6.07) is 0.0516. The average molecular weight is 223 g/mol. The van der Waals surface area contributed by atoms with Gasteiger partial charge in [-0.15, -0.1) is 0 Å². The molecule has 0 saturated carbocycles. The summed E-state index contributed by atoms with van der Waals surface area (Å²) in [6.45, 7) is 0.877. The molecular formula is C10H13N3O3. The highest BCUT2D eigenvalue weighted by molar-refractivity contribution is 5.86. The Morgan fingerprint density at radius 1 is 1.50 bits per heavy atom. The van der Waals surface area contributed by atoms with Crippen molar-refractivity contribution in [2.24, 2.45) is 0 Å². The Hall–Kier alpha value is -1.69. The van der Waals surface area contributed by atoms with Crippen molar-refractivity contribution in [3.05, 3.63) is 18.0 Å². The predicted octanol–water partition coefficient (Wildman–Crippen LogP) is 0.136. The monoisotopic (exact) mass is 223 g/mol. The van der Waals surface area contributed by atoms with E-state index < -0.39 is 5.97 Å². The van der Waals surface area contributed by atoms with Crippen molar-refractivity contribution in [3.8, 4) is 0 Å². The minimum absolute atomic E-state index is 0.0516. The Balaban J connectivity index is 2.18. The van der Waals surface area contributed by atoms with Gasteiger partial charge < -0.3 is 15.1 Å². The number of carbonyl (C=O) groups is 1. The molecule has 1 aliphatic rings. The molecule has 0 spiro atoms. The number of aromatic carboxylic acids is 1. The molecule has 2 N–H and O–H groups in total. The van der Waals surface area contributed by atoms with Crippen molar-refractivity contribution in [2.75, 3.05) is 18.1 Å². The fraction of sp³-hybridized carbons (Fsp3) is 0.500. The third kappa shape index (κ3) is 1.96. The number of carboxylic acid groups (broad SMARTS) is 1. The highest BCUT2D eigenvalue weighted by Gasteiger charge is 2.25. The SMILES string of the molecule is O=C(O)c1cnc(N2CCCC2CO)nc1. The Labute approximate surface area is 92.6 Å². The number of nitrogens with zero attached hydrogens (tertiary/aromatic N) is 3. The molecule has 1 fully saturated rings. The van der Waals surface area contributed by atoms with Crippen molar-refractivity contribution >= 4 is 11.9 Å². The van der Waals surface area contributed by atoms with Crippen LogP contribution in [0.1, 0.15) is 23.2 Å². The van der Waals surface area contributed by atoms with Gasteiger partial charge in [-0.2, -0.15) is 0 Å². The number of carboxylic acids is 1. The molecule has 1 aromatic rings. The van der Waals surface area contributed by atoms with Gasteiger partial charge in [0.1, 0.15) is 0 Å². The van der Waals surface area contributed by atoms with Gasteiger partial charge in [-0.25, -0.2) is 14.8 Å². The maximum absolute atomic E-state index is 10.6. The number of aromatic nitrogens is 2. The first kappa shape index (κ1) is 10.8. The minimum Gasteiger partial charge on any atom is -0.478 e. The second-order valence-corrected chi connectivity index (χ2v) is 3.75. The van der Waals surface area contributed by atoms with E-state index in [-0.39, 0.29) is 18.2 Å². The smallest absolute Gasteiger partial charge is 0.338 e. The summed E-state index contributed by atoms with van der Waals surface area (Å²) >= 11 is 0. The van der Waals surface area contributed by atoms with E-state index >= 15 is 0 Å². The van der Waals surface area contributed by atoms with Crippen LogP contribution in [0.25, 0.3) is 0 Å². The van der Waals surface area contributed by atoms with Crippen molar-refractivity contribution in [2.45, 2.75) is 18.9 Å². The molecule has 16 heavy (non-hydrogen) atoms. The van der Waals surface area contributed by atoms with Crippen LogP contribution in [-0.4, -0.2) is 45.3 Å². The van der Waals surface area contributed by atoms with Crippen LogP contribution < -0.4 is 4.90 Å². The van der Waals surface area contributed by atoms with Gasteiger partial charge in [-0.1, -0.05) is 0 Å². The Morgan fingerprint density at radius 2 is 2.19 bits per heavy atom. The molecule has 0 amide bonds. The van der Waals surface area contributed by atoms with Crippen molar-refractivity contribution in [1.82, 2.24) is 9.97 Å². The summed E-state index contributed by atoms with van der Waals surface area (Å²) < 4.78 is 0. The molecule has 1 saturated heterocycles. The summed E-state index contributed by atoms with van der Waals surface area (Å²) in [5.41, 5.74) is 0.0727. The van der Waals surface area contributed by atoms with Gasteiger partial charge in [-0.3, -0.25) is 0 Å². The van der Waals surface area contributed by atoms with Crippen molar-refractivity contribution < 1.29 is 15.0 Å². The average Bonchev–Trinajstić information content (AvgIpc) is 2.77. The van der Waals surface area contributed by atoms with Crippen LogP contribution in [0.15, 0.2) is 12.4 Å². The van der Waals surface area contributed by atoms with Crippen LogP contribution in [0.2, 0.25) is 0 Å². The fourth-order valence-corrected chi connectivity index (χ4v) is 1.87. The highest BCUT2D eigenvalue weighted by Crippen LogP contribution is 2.21. The Morgan fingerprint density at radius 3 is 2.75 bits per heavy atom. The van der Waals surface area contributed by atoms with E-state index in [4.69, 9.17) is 10.2 Å². The van der Waals surface area contributed by atoms with Crippen LogP contribution in [-0.2, 0) is 0 Å². The topological polar surface area (TPSA) is 86.5 Å². The molecule has 0 bridgehead atoms. The minimum atomic E-state index is -1.04. The summed E-state index contributed by atoms with van der Waals surface area (Å²) in [4.78, 5) is 20.5. The molecule has 2 rings (SSSR count). The van der Waals surface area contributed by atoms with Gasteiger partial charge in [-0.05, 0) is 12.8 Å². The number of aliphatic hydroxyl groups is 1. The fourth-order valence-electron chi connectivity index (χ4n) is 1.87. The molecule has 2 heterocycles. The van der Waals surface area contributed by atoms with E-state index in [0.29, 0.717) is 5.95 Å². The second-order valence-electron chi connectivity index (χ2n) is 3.75. The van der Waals surface area contributed by atoms with Gasteiger partial charge in [0, 0.05) is 18.9 Å². The quantitative estimate of drug-likeness (QED) is 0.757. The number of hydrogen-bond acceptors (Lipinski definition) is 5. The van der Waals surface area contributed by atoms with E-state index in [1.54, 1.807) is 0 Å². The van der Waals surface area contributed by atoms with Gasteiger partial charge in [0.2, 0.25) is 5.95 Å². The summed E-state index contributed by atoms with van der Waals surface area (Å²) in [6.07, 6.45) is 4.49. The van der Waals surface area contributed by atoms with E-state index in [0.717, 1.165) is 19.4 Å². The lowest BCUT2D eigenvalue weighted by atomic mass is 10.2. The van der Waals surface area contributed by atoms with Crippen LogP contribution in [0, 0.1) is 0 Å². The third-order valence-electron chi connectivity index (χ3n) is 2.73. The standard InChI is InChI=1S/C10H13N3O3/c14-6-8-2-1-3-13(8)10-11-4-7(5-12-10)9(15)16/h4-5,8,14H,1-3,6H2,(H,15,16). The maximum atomic E-state index is 10.6. The van der Waals surface area contributed by atoms with E-state index in [9.17, 15) is 4.79 Å². The maximum Gasteiger partial charge on any atom is 0.338 e. The summed E-state index contributed by atoms with van der Waals surface area (Å²) in [5, 5.41) is 17.9. The number of aliphatic hydroxyl groups excluding tert-OH is 1. The molecule has 1 atom stereocenters. The third-order valence-corrected chi connectivity index (χ3v) is 2.73. The largest absolute Gasteiger partial charge is 0.478 e. The molecule has 0 aliphatic carbocycles. The number of anilines is 1. The lowest BCUT2D eigenvalue weighted by Gasteiger charge is -2.22. The molecule has 6 heteroatoms. The zero-order chi connectivity index (χ0) is 11.5. The molecule has 1 aliphatic heterocycles. The highest BCUT2D eigenvalue weighted by atomic mass is 16.4. The van der Waals surface area contributed by atoms with Gasteiger partial charge in [0.15, 0.2) is 0 Å². The normalized spacial score (nSPS) is 20.1. The molecule has 0 radical (unpaired) electrons. The number of hydrogen-bond donors (Lipinski definition) is 2. The van der Waals surface area contributed by atoms with E-state index in [1.807, 2.05) is 4.90 Å². The lowest BCUT2D eigenvalue weighted by Crippen LogP contribution is -2.33. The lowest BCUT2D eigenvalue weighted by molar-refractivity contribution is 0.0696. The molecule has 1 aromatic heterocycles. The van der Waals surface area contributed by atoms with Crippen molar-refractivity contribution in [1.29, 1.82) is 0 Å². The van der Waals surface area contributed by atoms with Crippen molar-refractivity contribution in [3.63, 3.8) is 0 Å². The first-order chi connectivity index (χ1) is 7.72. The van der Waals surface area contributed by atoms with Crippen LogP contribution in [0.5, 0.6) is 0 Å². The molecule has 1 unspecified atom stereocenters.